The number of aromatic nitrogens is 2. The fourth-order valence-corrected chi connectivity index (χ4v) is 6.57. The molecule has 0 saturated heterocycles. The molecule has 8 rings (SSSR count). The van der Waals surface area contributed by atoms with Crippen LogP contribution >= 0.6 is 0 Å². The molecule has 0 saturated carbocycles. The van der Waals surface area contributed by atoms with Gasteiger partial charge in [-0.1, -0.05) is 112 Å². The molecule has 5 aromatic carbocycles. The van der Waals surface area contributed by atoms with Crippen molar-refractivity contribution in [1.82, 2.24) is 9.97 Å². The molecule has 0 atom stereocenters. The molecule has 0 unspecified atom stereocenters. The van der Waals surface area contributed by atoms with Crippen LogP contribution in [0.25, 0.3) is 66.7 Å². The van der Waals surface area contributed by atoms with Crippen LogP contribution in [0.15, 0.2) is 128 Å². The Bertz CT molecular complexity index is 2200. The van der Waals surface area contributed by atoms with Crippen molar-refractivity contribution >= 4 is 10.8 Å². The van der Waals surface area contributed by atoms with E-state index >= 15 is 0 Å². The van der Waals surface area contributed by atoms with E-state index in [0.717, 1.165) is 39.9 Å². The van der Waals surface area contributed by atoms with Gasteiger partial charge in [0, 0.05) is 29.5 Å². The molecule has 0 bridgehead atoms. The molecule has 4 heteroatoms. The van der Waals surface area contributed by atoms with E-state index in [1.54, 1.807) is 0 Å². The molecular formula is C43H32N2OPt. The Kier molecular flexibility index (Phi) is 8.12. The normalized spacial score (nSPS) is 11.6. The van der Waals surface area contributed by atoms with E-state index < -0.39 is 0 Å². The van der Waals surface area contributed by atoms with E-state index in [-0.39, 0.29) is 26.5 Å². The molecule has 0 spiro atoms. The minimum atomic E-state index is 0. The van der Waals surface area contributed by atoms with Gasteiger partial charge < -0.3 is 14.7 Å². The number of nitrogens with zero attached hydrogens (tertiary/aromatic N) is 2. The first kappa shape index (κ1) is 30.8. The van der Waals surface area contributed by atoms with Crippen molar-refractivity contribution in [2.45, 2.75) is 27.2 Å². The van der Waals surface area contributed by atoms with Gasteiger partial charge in [0.2, 0.25) is 0 Å². The zero-order valence-corrected chi connectivity index (χ0v) is 28.7. The van der Waals surface area contributed by atoms with Crippen LogP contribution in [0.2, 0.25) is 0 Å². The van der Waals surface area contributed by atoms with E-state index in [2.05, 4.69) is 112 Å². The Morgan fingerprint density at radius 2 is 1.13 bits per heavy atom. The Morgan fingerprint density at radius 3 is 1.77 bits per heavy atom. The van der Waals surface area contributed by atoms with Crippen molar-refractivity contribution in [3.8, 4) is 67.4 Å². The number of rotatable bonds is 5. The summed E-state index contributed by atoms with van der Waals surface area (Å²) >= 11 is 0. The standard InChI is InChI=1S/C43H32N2O.Pt/c1-43(2,3)25-28-21-22-40(44-26-28)29-11-8-13-31(23-29)46-32-14-9-12-30(24-32)42-38-20-10-19-37-35-17-6-4-15-33(35)34-16-5-7-18-36(34)39(27-45-42)41(37)38;/h4-22,26-27H,25H2,1-3H3;/q-2;+2. The van der Waals surface area contributed by atoms with Crippen molar-refractivity contribution in [3.63, 3.8) is 0 Å². The van der Waals surface area contributed by atoms with E-state index in [0.29, 0.717) is 11.5 Å². The van der Waals surface area contributed by atoms with Crippen molar-refractivity contribution < 1.29 is 25.8 Å². The average molecular weight is 788 g/mol. The van der Waals surface area contributed by atoms with Crippen molar-refractivity contribution in [3.05, 3.63) is 145 Å². The molecule has 2 aromatic heterocycles. The minimum Gasteiger partial charge on any atom is -0.497 e. The SMILES string of the molecule is CC(C)(C)Cc1ccc(-c2[c-]c(Oc3[c-]c(-c4ncc5c6c(cccc46)-c4ccccc4-c4ccccc4-5)ccc3)ccc2)nc1.[Pt+2]. The first-order valence-electron chi connectivity index (χ1n) is 15.7. The maximum Gasteiger partial charge on any atom is 2.00 e. The van der Waals surface area contributed by atoms with E-state index in [4.69, 9.17) is 14.7 Å². The number of fused-ring (bicyclic) bond motifs is 5. The summed E-state index contributed by atoms with van der Waals surface area (Å²) in [6, 6.07) is 46.8. The largest absolute Gasteiger partial charge is 2.00 e. The third-order valence-corrected chi connectivity index (χ3v) is 8.48. The number of benzene rings is 5. The van der Waals surface area contributed by atoms with Crippen molar-refractivity contribution in [2.75, 3.05) is 0 Å². The summed E-state index contributed by atoms with van der Waals surface area (Å²) in [5.41, 5.74) is 12.2. The number of hydrogen-bond acceptors (Lipinski definition) is 3. The molecule has 0 fully saturated rings. The summed E-state index contributed by atoms with van der Waals surface area (Å²) in [5.74, 6) is 1.22. The fourth-order valence-electron chi connectivity index (χ4n) is 6.57. The summed E-state index contributed by atoms with van der Waals surface area (Å²) in [5, 5.41) is 2.29. The molecule has 0 N–H and O–H groups in total. The van der Waals surface area contributed by atoms with Crippen LogP contribution in [-0.2, 0) is 27.5 Å². The number of hydrogen-bond donors (Lipinski definition) is 0. The molecule has 1 aliphatic carbocycles. The van der Waals surface area contributed by atoms with Gasteiger partial charge in [0.15, 0.2) is 0 Å². The molecule has 7 aromatic rings. The zero-order chi connectivity index (χ0) is 31.3. The Hall–Kier alpha value is -4.85. The fraction of sp³-hybridized carbons (Fsp3) is 0.116. The number of ether oxygens (including phenoxy) is 1. The average Bonchev–Trinajstić information content (AvgIpc) is 3.19. The zero-order valence-electron chi connectivity index (χ0n) is 26.5. The van der Waals surface area contributed by atoms with Crippen LogP contribution in [0.5, 0.6) is 11.5 Å². The van der Waals surface area contributed by atoms with Gasteiger partial charge in [-0.25, -0.2) is 0 Å². The molecule has 0 radical (unpaired) electrons. The van der Waals surface area contributed by atoms with Crippen LogP contribution in [0.4, 0.5) is 0 Å². The molecule has 47 heavy (non-hydrogen) atoms. The smallest absolute Gasteiger partial charge is 0.497 e. The monoisotopic (exact) mass is 787 g/mol. The second kappa shape index (κ2) is 12.4. The van der Waals surface area contributed by atoms with E-state index in [1.165, 1.54) is 38.8 Å². The first-order valence-corrected chi connectivity index (χ1v) is 15.7. The van der Waals surface area contributed by atoms with Gasteiger partial charge in [0.05, 0.1) is 0 Å². The van der Waals surface area contributed by atoms with Gasteiger partial charge in [-0.3, -0.25) is 0 Å². The quantitative estimate of drug-likeness (QED) is 0.163. The van der Waals surface area contributed by atoms with Crippen molar-refractivity contribution in [1.29, 1.82) is 0 Å². The second-order valence-corrected chi connectivity index (χ2v) is 13.1. The third kappa shape index (κ3) is 5.93. The molecule has 1 aliphatic rings. The molecular weight excluding hydrogens is 756 g/mol. The van der Waals surface area contributed by atoms with Gasteiger partial charge in [-0.05, 0) is 67.4 Å². The maximum atomic E-state index is 6.33. The number of pyridine rings is 2. The van der Waals surface area contributed by atoms with Gasteiger partial charge in [0.1, 0.15) is 0 Å². The first-order chi connectivity index (χ1) is 22.4. The summed E-state index contributed by atoms with van der Waals surface area (Å²) < 4.78 is 6.33. The molecule has 230 valence electrons. The predicted molar refractivity (Wildman–Crippen MR) is 188 cm³/mol. The van der Waals surface area contributed by atoms with Crippen LogP contribution in [0, 0.1) is 17.5 Å². The minimum absolute atomic E-state index is 0. The van der Waals surface area contributed by atoms with Gasteiger partial charge in [0.25, 0.3) is 0 Å². The van der Waals surface area contributed by atoms with Crippen LogP contribution in [-0.4, -0.2) is 9.97 Å². The van der Waals surface area contributed by atoms with E-state index in [1.807, 2.05) is 48.8 Å². The summed E-state index contributed by atoms with van der Waals surface area (Å²) in [4.78, 5) is 9.78. The second-order valence-electron chi connectivity index (χ2n) is 13.1. The van der Waals surface area contributed by atoms with Gasteiger partial charge in [-0.2, -0.15) is 0 Å². The van der Waals surface area contributed by atoms with Gasteiger partial charge in [-0.15, -0.1) is 47.5 Å². The molecule has 0 amide bonds. The summed E-state index contributed by atoms with van der Waals surface area (Å²) in [7, 11) is 0. The van der Waals surface area contributed by atoms with Crippen LogP contribution in [0.3, 0.4) is 0 Å². The third-order valence-electron chi connectivity index (χ3n) is 8.48. The predicted octanol–water partition coefficient (Wildman–Crippen LogP) is 11.3. The van der Waals surface area contributed by atoms with E-state index in [9.17, 15) is 0 Å². The summed E-state index contributed by atoms with van der Waals surface area (Å²) in [6.45, 7) is 6.72. The summed E-state index contributed by atoms with van der Waals surface area (Å²) in [6.07, 6.45) is 4.96. The topological polar surface area (TPSA) is 35.0 Å². The molecule has 3 nitrogen and oxygen atoms in total. The van der Waals surface area contributed by atoms with Crippen molar-refractivity contribution in [2.24, 2.45) is 5.41 Å². The van der Waals surface area contributed by atoms with Crippen LogP contribution in [0.1, 0.15) is 26.3 Å². The molecule has 0 aliphatic heterocycles. The maximum absolute atomic E-state index is 6.33. The Morgan fingerprint density at radius 1 is 0.553 bits per heavy atom. The Balaban J connectivity index is 0.00000351. The van der Waals surface area contributed by atoms with Gasteiger partial charge >= 0.3 is 21.1 Å². The Labute approximate surface area is 290 Å². The van der Waals surface area contributed by atoms with Crippen LogP contribution < -0.4 is 4.74 Å². The molecule has 2 heterocycles.